The SMILES string of the molecule is CC(C)c1ccc(CC2(N)CCC(C)(C)C2)cc1. The fraction of sp³-hybridized carbons (Fsp3) is 0.647. The van der Waals surface area contributed by atoms with Gasteiger partial charge in [-0.3, -0.25) is 0 Å². The summed E-state index contributed by atoms with van der Waals surface area (Å²) >= 11 is 0. The van der Waals surface area contributed by atoms with Gasteiger partial charge in [0.2, 0.25) is 0 Å². The van der Waals surface area contributed by atoms with Crippen molar-refractivity contribution in [2.75, 3.05) is 0 Å². The molecular weight excluding hydrogens is 218 g/mol. The van der Waals surface area contributed by atoms with E-state index in [0.29, 0.717) is 11.3 Å². The molecule has 1 aromatic carbocycles. The summed E-state index contributed by atoms with van der Waals surface area (Å²) < 4.78 is 0. The minimum Gasteiger partial charge on any atom is -0.325 e. The van der Waals surface area contributed by atoms with Crippen LogP contribution >= 0.6 is 0 Å². The summed E-state index contributed by atoms with van der Waals surface area (Å²) in [6.07, 6.45) is 4.58. The molecule has 0 heterocycles. The van der Waals surface area contributed by atoms with Gasteiger partial charge >= 0.3 is 0 Å². The van der Waals surface area contributed by atoms with E-state index in [1.807, 2.05) is 0 Å². The van der Waals surface area contributed by atoms with Crippen LogP contribution < -0.4 is 5.73 Å². The van der Waals surface area contributed by atoms with E-state index in [9.17, 15) is 0 Å². The molecule has 0 bridgehead atoms. The molecule has 0 aliphatic heterocycles. The van der Waals surface area contributed by atoms with Crippen molar-refractivity contribution in [3.8, 4) is 0 Å². The Morgan fingerprint density at radius 1 is 1.11 bits per heavy atom. The van der Waals surface area contributed by atoms with Gasteiger partial charge < -0.3 is 5.73 Å². The first-order chi connectivity index (χ1) is 8.30. The quantitative estimate of drug-likeness (QED) is 0.846. The summed E-state index contributed by atoms with van der Waals surface area (Å²) in [6, 6.07) is 9.03. The minimum absolute atomic E-state index is 0.0167. The second-order valence-electron chi connectivity index (χ2n) is 7.28. The van der Waals surface area contributed by atoms with Crippen molar-refractivity contribution < 1.29 is 0 Å². The molecule has 1 fully saturated rings. The maximum absolute atomic E-state index is 6.56. The van der Waals surface area contributed by atoms with Crippen molar-refractivity contribution in [2.45, 2.75) is 64.8 Å². The van der Waals surface area contributed by atoms with E-state index in [2.05, 4.69) is 52.0 Å². The highest BCUT2D eigenvalue weighted by Gasteiger charge is 2.40. The molecule has 1 unspecified atom stereocenters. The molecule has 100 valence electrons. The molecule has 1 aliphatic carbocycles. The lowest BCUT2D eigenvalue weighted by atomic mass is 9.84. The van der Waals surface area contributed by atoms with Crippen LogP contribution in [0.25, 0.3) is 0 Å². The molecule has 1 nitrogen and oxygen atoms in total. The molecule has 1 heteroatoms. The minimum atomic E-state index is 0.0167. The average molecular weight is 245 g/mol. The van der Waals surface area contributed by atoms with Crippen molar-refractivity contribution in [1.29, 1.82) is 0 Å². The van der Waals surface area contributed by atoms with E-state index in [1.54, 1.807) is 0 Å². The maximum Gasteiger partial charge on any atom is 0.0200 e. The number of hydrogen-bond donors (Lipinski definition) is 1. The maximum atomic E-state index is 6.56. The summed E-state index contributed by atoms with van der Waals surface area (Å²) in [5.74, 6) is 0.608. The fourth-order valence-electron chi connectivity index (χ4n) is 3.29. The van der Waals surface area contributed by atoms with Gasteiger partial charge in [-0.25, -0.2) is 0 Å². The van der Waals surface area contributed by atoms with Gasteiger partial charge in [-0.2, -0.15) is 0 Å². The van der Waals surface area contributed by atoms with E-state index in [0.717, 1.165) is 19.3 Å². The van der Waals surface area contributed by atoms with Crippen LogP contribution in [0.5, 0.6) is 0 Å². The van der Waals surface area contributed by atoms with Crippen LogP contribution in [0.2, 0.25) is 0 Å². The lowest BCUT2D eigenvalue weighted by molar-refractivity contribution is 0.334. The first-order valence-corrected chi connectivity index (χ1v) is 7.17. The Balaban J connectivity index is 2.06. The number of nitrogens with two attached hydrogens (primary N) is 1. The zero-order valence-electron chi connectivity index (χ0n) is 12.3. The van der Waals surface area contributed by atoms with Crippen LogP contribution in [0.4, 0.5) is 0 Å². The molecule has 2 N–H and O–H groups in total. The van der Waals surface area contributed by atoms with Gasteiger partial charge in [0.1, 0.15) is 0 Å². The van der Waals surface area contributed by atoms with E-state index in [-0.39, 0.29) is 5.54 Å². The van der Waals surface area contributed by atoms with Gasteiger partial charge in [-0.05, 0) is 48.1 Å². The average Bonchev–Trinajstić information content (AvgIpc) is 2.53. The molecular formula is C17H27N. The summed E-state index contributed by atoms with van der Waals surface area (Å²) in [5, 5.41) is 0. The second-order valence-corrected chi connectivity index (χ2v) is 7.28. The van der Waals surface area contributed by atoms with Crippen LogP contribution in [-0.2, 0) is 6.42 Å². The third-order valence-electron chi connectivity index (χ3n) is 4.33. The summed E-state index contributed by atoms with van der Waals surface area (Å²) in [5.41, 5.74) is 9.81. The molecule has 18 heavy (non-hydrogen) atoms. The van der Waals surface area contributed by atoms with Crippen LogP contribution in [0.1, 0.15) is 64.0 Å². The number of benzene rings is 1. The van der Waals surface area contributed by atoms with Crippen molar-refractivity contribution in [1.82, 2.24) is 0 Å². The van der Waals surface area contributed by atoms with E-state index in [1.165, 1.54) is 17.5 Å². The zero-order valence-corrected chi connectivity index (χ0v) is 12.3. The zero-order chi connectivity index (χ0) is 13.4. The molecule has 0 aromatic heterocycles. The Kier molecular flexibility index (Phi) is 3.55. The Bertz CT molecular complexity index is 402. The topological polar surface area (TPSA) is 26.0 Å². The van der Waals surface area contributed by atoms with Gasteiger partial charge in [0.25, 0.3) is 0 Å². The van der Waals surface area contributed by atoms with Crippen molar-refractivity contribution in [2.24, 2.45) is 11.1 Å². The molecule has 1 atom stereocenters. The highest BCUT2D eigenvalue weighted by Crippen LogP contribution is 2.43. The highest BCUT2D eigenvalue weighted by atomic mass is 14.8. The number of hydrogen-bond acceptors (Lipinski definition) is 1. The lowest BCUT2D eigenvalue weighted by Gasteiger charge is -2.26. The van der Waals surface area contributed by atoms with Gasteiger partial charge in [0.05, 0.1) is 0 Å². The molecule has 1 aromatic rings. The Hall–Kier alpha value is -0.820. The van der Waals surface area contributed by atoms with Crippen LogP contribution in [-0.4, -0.2) is 5.54 Å². The Labute approximate surface area is 112 Å². The Morgan fingerprint density at radius 3 is 2.17 bits per heavy atom. The first-order valence-electron chi connectivity index (χ1n) is 7.17. The summed E-state index contributed by atoms with van der Waals surface area (Å²) in [7, 11) is 0. The molecule has 0 amide bonds. The van der Waals surface area contributed by atoms with Gasteiger partial charge in [0.15, 0.2) is 0 Å². The first kappa shape index (κ1) is 13.6. The molecule has 2 rings (SSSR count). The van der Waals surface area contributed by atoms with Crippen molar-refractivity contribution >= 4 is 0 Å². The normalized spacial score (nSPS) is 26.8. The lowest BCUT2D eigenvalue weighted by Crippen LogP contribution is -2.40. The third kappa shape index (κ3) is 3.14. The standard InChI is InChI=1S/C17H27N/c1-13(2)15-7-5-14(6-8-15)11-17(18)10-9-16(3,4)12-17/h5-8,13H,9-12,18H2,1-4H3. The Morgan fingerprint density at radius 2 is 1.72 bits per heavy atom. The van der Waals surface area contributed by atoms with E-state index in [4.69, 9.17) is 5.73 Å². The van der Waals surface area contributed by atoms with Gasteiger partial charge in [0, 0.05) is 5.54 Å². The van der Waals surface area contributed by atoms with Gasteiger partial charge in [-0.1, -0.05) is 52.0 Å². The molecule has 0 saturated heterocycles. The molecule has 1 aliphatic rings. The fourth-order valence-corrected chi connectivity index (χ4v) is 3.29. The highest BCUT2D eigenvalue weighted by molar-refractivity contribution is 5.26. The smallest absolute Gasteiger partial charge is 0.0200 e. The summed E-state index contributed by atoms with van der Waals surface area (Å²) in [4.78, 5) is 0. The second kappa shape index (κ2) is 4.70. The summed E-state index contributed by atoms with van der Waals surface area (Å²) in [6.45, 7) is 9.14. The largest absolute Gasteiger partial charge is 0.325 e. The third-order valence-corrected chi connectivity index (χ3v) is 4.33. The monoisotopic (exact) mass is 245 g/mol. The molecule has 1 saturated carbocycles. The van der Waals surface area contributed by atoms with Crippen molar-refractivity contribution in [3.63, 3.8) is 0 Å². The van der Waals surface area contributed by atoms with Crippen molar-refractivity contribution in [3.05, 3.63) is 35.4 Å². The van der Waals surface area contributed by atoms with E-state index < -0.39 is 0 Å². The predicted octanol–water partition coefficient (Wildman–Crippen LogP) is 4.26. The van der Waals surface area contributed by atoms with E-state index >= 15 is 0 Å². The predicted molar refractivity (Wildman–Crippen MR) is 78.8 cm³/mol. The van der Waals surface area contributed by atoms with Gasteiger partial charge in [-0.15, -0.1) is 0 Å². The van der Waals surface area contributed by atoms with Crippen LogP contribution in [0, 0.1) is 5.41 Å². The van der Waals surface area contributed by atoms with Crippen LogP contribution in [0.3, 0.4) is 0 Å². The van der Waals surface area contributed by atoms with Crippen LogP contribution in [0.15, 0.2) is 24.3 Å². The number of rotatable bonds is 3. The molecule has 0 spiro atoms. The molecule has 0 radical (unpaired) electrons.